The standard InChI is InChI=1S/C13H17FN4O2/c1-13(7-8-14,10-16-18-15)17-12(19)20-9-11-5-3-2-4-6-11/h2-6H,7-10H2,1H3,(H,17,19). The molecule has 0 aliphatic carbocycles. The molecule has 0 heterocycles. The number of halogens is 1. The van der Waals surface area contributed by atoms with E-state index >= 15 is 0 Å². The number of hydrogen-bond acceptors (Lipinski definition) is 3. The molecule has 1 unspecified atom stereocenters. The number of rotatable bonds is 7. The van der Waals surface area contributed by atoms with Crippen molar-refractivity contribution >= 4 is 6.09 Å². The molecule has 6 nitrogen and oxygen atoms in total. The number of alkyl halides is 1. The zero-order chi connectivity index (χ0) is 14.8. The molecule has 0 aliphatic rings. The lowest BCUT2D eigenvalue weighted by Gasteiger charge is -2.27. The van der Waals surface area contributed by atoms with Crippen molar-refractivity contribution in [2.75, 3.05) is 13.2 Å². The fourth-order valence-corrected chi connectivity index (χ4v) is 1.58. The molecule has 1 aromatic rings. The van der Waals surface area contributed by atoms with Crippen molar-refractivity contribution in [1.29, 1.82) is 0 Å². The second-order valence-corrected chi connectivity index (χ2v) is 4.58. The number of hydrogen-bond donors (Lipinski definition) is 1. The molecule has 0 spiro atoms. The van der Waals surface area contributed by atoms with Crippen molar-refractivity contribution in [3.63, 3.8) is 0 Å². The molecule has 0 aromatic heterocycles. The van der Waals surface area contributed by atoms with Crippen molar-refractivity contribution in [3.8, 4) is 0 Å². The van der Waals surface area contributed by atoms with E-state index in [9.17, 15) is 9.18 Å². The summed E-state index contributed by atoms with van der Waals surface area (Å²) >= 11 is 0. The summed E-state index contributed by atoms with van der Waals surface area (Å²) in [6.45, 7) is 1.06. The summed E-state index contributed by atoms with van der Waals surface area (Å²) in [6, 6.07) is 9.20. The summed E-state index contributed by atoms with van der Waals surface area (Å²) in [5.41, 5.74) is 8.21. The first kappa shape index (κ1) is 15.8. The Bertz CT molecular complexity index is 477. The van der Waals surface area contributed by atoms with Gasteiger partial charge in [-0.2, -0.15) is 0 Å². The predicted molar refractivity (Wildman–Crippen MR) is 72.8 cm³/mol. The van der Waals surface area contributed by atoms with Crippen LogP contribution in [0, 0.1) is 0 Å². The number of carbonyl (C=O) groups excluding carboxylic acids is 1. The van der Waals surface area contributed by atoms with Crippen molar-refractivity contribution in [2.45, 2.75) is 25.5 Å². The van der Waals surface area contributed by atoms with E-state index in [0.717, 1.165) is 5.56 Å². The van der Waals surface area contributed by atoms with Gasteiger partial charge in [-0.25, -0.2) is 4.79 Å². The van der Waals surface area contributed by atoms with Crippen molar-refractivity contribution in [3.05, 3.63) is 46.3 Å². The SMILES string of the molecule is CC(CCF)(CN=[N+]=[N-])NC(=O)OCc1ccccc1. The van der Waals surface area contributed by atoms with E-state index < -0.39 is 18.3 Å². The molecule has 1 N–H and O–H groups in total. The second kappa shape index (κ2) is 8.01. The third-order valence-electron chi connectivity index (χ3n) is 2.75. The topological polar surface area (TPSA) is 87.1 Å². The van der Waals surface area contributed by atoms with E-state index in [2.05, 4.69) is 15.3 Å². The Morgan fingerprint density at radius 3 is 2.80 bits per heavy atom. The molecule has 1 rings (SSSR count). The van der Waals surface area contributed by atoms with Gasteiger partial charge in [-0.1, -0.05) is 35.4 Å². The number of carbonyl (C=O) groups is 1. The van der Waals surface area contributed by atoms with Crippen LogP contribution in [0.15, 0.2) is 35.4 Å². The lowest BCUT2D eigenvalue weighted by Crippen LogP contribution is -2.48. The molecule has 20 heavy (non-hydrogen) atoms. The Kier molecular flexibility index (Phi) is 6.32. The highest BCUT2D eigenvalue weighted by molar-refractivity contribution is 5.68. The van der Waals surface area contributed by atoms with Crippen LogP contribution in [0.2, 0.25) is 0 Å². The minimum atomic E-state index is -0.950. The molecule has 7 heteroatoms. The number of benzene rings is 1. The summed E-state index contributed by atoms with van der Waals surface area (Å²) < 4.78 is 17.5. The number of alkyl carbamates (subject to hydrolysis) is 1. The molecule has 1 aromatic carbocycles. The molecule has 0 bridgehead atoms. The van der Waals surface area contributed by atoms with E-state index in [1.807, 2.05) is 30.3 Å². The van der Waals surface area contributed by atoms with E-state index in [4.69, 9.17) is 10.3 Å². The molecule has 1 atom stereocenters. The van der Waals surface area contributed by atoms with E-state index in [-0.39, 0.29) is 19.6 Å². The van der Waals surface area contributed by atoms with Crippen LogP contribution in [0.25, 0.3) is 10.4 Å². The maximum Gasteiger partial charge on any atom is 0.407 e. The quantitative estimate of drug-likeness (QED) is 0.471. The summed E-state index contributed by atoms with van der Waals surface area (Å²) in [5.74, 6) is 0. The summed E-state index contributed by atoms with van der Waals surface area (Å²) in [4.78, 5) is 14.3. The second-order valence-electron chi connectivity index (χ2n) is 4.58. The molecule has 0 saturated carbocycles. The van der Waals surface area contributed by atoms with Gasteiger partial charge in [0.15, 0.2) is 0 Å². The molecular weight excluding hydrogens is 263 g/mol. The Hall–Kier alpha value is -2.27. The maximum atomic E-state index is 12.5. The first-order valence-corrected chi connectivity index (χ1v) is 6.15. The summed E-state index contributed by atoms with van der Waals surface area (Å²) in [6.07, 6.45) is -0.620. The third kappa shape index (κ3) is 5.58. The Labute approximate surface area is 116 Å². The van der Waals surface area contributed by atoms with Crippen LogP contribution in [0.4, 0.5) is 9.18 Å². The van der Waals surface area contributed by atoms with Gasteiger partial charge in [0.25, 0.3) is 0 Å². The van der Waals surface area contributed by atoms with Gasteiger partial charge in [0.2, 0.25) is 0 Å². The van der Waals surface area contributed by atoms with E-state index in [0.29, 0.717) is 0 Å². The van der Waals surface area contributed by atoms with Gasteiger partial charge in [-0.05, 0) is 24.4 Å². The largest absolute Gasteiger partial charge is 0.445 e. The van der Waals surface area contributed by atoms with E-state index in [1.54, 1.807) is 6.92 Å². The smallest absolute Gasteiger partial charge is 0.407 e. The fraction of sp³-hybridized carbons (Fsp3) is 0.462. The van der Waals surface area contributed by atoms with Crippen LogP contribution in [-0.4, -0.2) is 24.9 Å². The van der Waals surface area contributed by atoms with Crippen LogP contribution >= 0.6 is 0 Å². The normalized spacial score (nSPS) is 12.9. The Balaban J connectivity index is 2.51. The maximum absolute atomic E-state index is 12.5. The number of nitrogens with zero attached hydrogens (tertiary/aromatic N) is 3. The zero-order valence-electron chi connectivity index (χ0n) is 11.3. The average Bonchev–Trinajstić information content (AvgIpc) is 2.44. The van der Waals surface area contributed by atoms with Crippen LogP contribution in [0.3, 0.4) is 0 Å². The molecule has 0 saturated heterocycles. The van der Waals surface area contributed by atoms with Crippen molar-refractivity contribution in [2.24, 2.45) is 5.11 Å². The minimum absolute atomic E-state index is 0.0339. The van der Waals surface area contributed by atoms with Crippen LogP contribution < -0.4 is 5.32 Å². The number of nitrogens with one attached hydrogen (secondary N) is 1. The lowest BCUT2D eigenvalue weighted by molar-refractivity contribution is 0.126. The van der Waals surface area contributed by atoms with Crippen LogP contribution in [-0.2, 0) is 11.3 Å². The van der Waals surface area contributed by atoms with Crippen LogP contribution in [0.5, 0.6) is 0 Å². The van der Waals surface area contributed by atoms with Gasteiger partial charge in [0.05, 0.1) is 6.67 Å². The number of azide groups is 1. The highest BCUT2D eigenvalue weighted by Crippen LogP contribution is 2.12. The Morgan fingerprint density at radius 2 is 2.20 bits per heavy atom. The molecule has 1 amide bonds. The third-order valence-corrected chi connectivity index (χ3v) is 2.75. The molecule has 0 radical (unpaired) electrons. The molecule has 0 fully saturated rings. The van der Waals surface area contributed by atoms with Gasteiger partial charge in [0, 0.05) is 17.0 Å². The highest BCUT2D eigenvalue weighted by atomic mass is 19.1. The molecule has 108 valence electrons. The first-order valence-electron chi connectivity index (χ1n) is 6.15. The minimum Gasteiger partial charge on any atom is -0.445 e. The zero-order valence-corrected chi connectivity index (χ0v) is 11.3. The van der Waals surface area contributed by atoms with Gasteiger partial charge >= 0.3 is 6.09 Å². The van der Waals surface area contributed by atoms with Crippen LogP contribution in [0.1, 0.15) is 18.9 Å². The van der Waals surface area contributed by atoms with E-state index in [1.165, 1.54) is 0 Å². The fourth-order valence-electron chi connectivity index (χ4n) is 1.58. The van der Waals surface area contributed by atoms with Gasteiger partial charge in [-0.3, -0.25) is 4.39 Å². The number of amides is 1. The Morgan fingerprint density at radius 1 is 1.50 bits per heavy atom. The monoisotopic (exact) mass is 280 g/mol. The first-order chi connectivity index (χ1) is 9.59. The molecule has 0 aliphatic heterocycles. The van der Waals surface area contributed by atoms with Crippen molar-refractivity contribution < 1.29 is 13.9 Å². The average molecular weight is 280 g/mol. The van der Waals surface area contributed by atoms with Crippen molar-refractivity contribution in [1.82, 2.24) is 5.32 Å². The van der Waals surface area contributed by atoms with Gasteiger partial charge in [0.1, 0.15) is 6.61 Å². The highest BCUT2D eigenvalue weighted by Gasteiger charge is 2.26. The lowest BCUT2D eigenvalue weighted by atomic mass is 9.99. The summed E-state index contributed by atoms with van der Waals surface area (Å²) in [5, 5.41) is 5.91. The van der Waals surface area contributed by atoms with Gasteiger partial charge in [-0.15, -0.1) is 0 Å². The summed E-state index contributed by atoms with van der Waals surface area (Å²) in [7, 11) is 0. The molecular formula is C13H17FN4O2. The predicted octanol–water partition coefficient (Wildman–Crippen LogP) is 3.34. The van der Waals surface area contributed by atoms with Gasteiger partial charge < -0.3 is 10.1 Å². The number of ether oxygens (including phenoxy) is 1.